The summed E-state index contributed by atoms with van der Waals surface area (Å²) >= 11 is 0. The van der Waals surface area contributed by atoms with Crippen molar-refractivity contribution in [2.24, 2.45) is 5.92 Å². The van der Waals surface area contributed by atoms with Gasteiger partial charge in [-0.2, -0.15) is 5.26 Å². The van der Waals surface area contributed by atoms with E-state index >= 15 is 0 Å². The second-order valence-corrected chi connectivity index (χ2v) is 9.08. The molecule has 4 nitrogen and oxygen atoms in total. The fourth-order valence-electron chi connectivity index (χ4n) is 5.54. The Balaban J connectivity index is 1.47. The summed E-state index contributed by atoms with van der Waals surface area (Å²) < 4.78 is 0. The van der Waals surface area contributed by atoms with Crippen molar-refractivity contribution in [2.45, 2.75) is 89.1 Å². The lowest BCUT2D eigenvalue weighted by Gasteiger charge is -2.43. The summed E-state index contributed by atoms with van der Waals surface area (Å²) in [6.45, 7) is 0.903. The first kappa shape index (κ1) is 19.3. The number of nitrogens with one attached hydrogen (secondary N) is 1. The SMILES string of the molecule is N#Cc1ccc2c(c1)CC(NC(=O)CC1CCCCC1)CN2C1CCCCC1. The molecule has 3 aliphatic rings. The van der Waals surface area contributed by atoms with Crippen LogP contribution in [0.15, 0.2) is 18.2 Å². The molecule has 1 amide bonds. The average Bonchev–Trinajstić information content (AvgIpc) is 2.74. The molecule has 1 aromatic rings. The first-order valence-corrected chi connectivity index (χ1v) is 11.3. The highest BCUT2D eigenvalue weighted by Gasteiger charge is 2.31. The third kappa shape index (κ3) is 4.51. The van der Waals surface area contributed by atoms with Gasteiger partial charge in [0.05, 0.1) is 17.7 Å². The normalized spacial score (nSPS) is 23.7. The fraction of sp³-hybridized carbons (Fsp3) is 0.667. The standard InChI is InChI=1S/C24H33N3O/c25-16-19-11-12-23-20(13-19)15-21(17-27(23)22-9-5-2-6-10-22)26-24(28)14-18-7-3-1-4-8-18/h11-13,18,21-22H,1-10,14-15,17H2,(H,26,28). The van der Waals surface area contributed by atoms with Crippen molar-refractivity contribution in [2.75, 3.05) is 11.4 Å². The van der Waals surface area contributed by atoms with Gasteiger partial charge in [-0.1, -0.05) is 38.5 Å². The van der Waals surface area contributed by atoms with E-state index in [4.69, 9.17) is 0 Å². The van der Waals surface area contributed by atoms with Crippen LogP contribution in [0.4, 0.5) is 5.69 Å². The number of carbonyl (C=O) groups excluding carboxylic acids is 1. The van der Waals surface area contributed by atoms with E-state index < -0.39 is 0 Å². The van der Waals surface area contributed by atoms with Gasteiger partial charge in [0.1, 0.15) is 0 Å². The monoisotopic (exact) mass is 379 g/mol. The van der Waals surface area contributed by atoms with Crippen molar-refractivity contribution in [3.05, 3.63) is 29.3 Å². The van der Waals surface area contributed by atoms with E-state index in [2.05, 4.69) is 22.4 Å². The molecule has 4 rings (SSSR count). The molecule has 0 bridgehead atoms. The van der Waals surface area contributed by atoms with Crippen molar-refractivity contribution in [3.63, 3.8) is 0 Å². The summed E-state index contributed by atoms with van der Waals surface area (Å²) in [5, 5.41) is 12.7. The third-order valence-corrected chi connectivity index (χ3v) is 6.98. The smallest absolute Gasteiger partial charge is 0.220 e. The second-order valence-electron chi connectivity index (χ2n) is 9.08. The van der Waals surface area contributed by atoms with E-state index in [1.807, 2.05) is 12.1 Å². The predicted octanol–water partition coefficient (Wildman–Crippen LogP) is 4.71. The minimum atomic E-state index is 0.152. The molecule has 0 spiro atoms. The van der Waals surface area contributed by atoms with Crippen LogP contribution in [-0.2, 0) is 11.2 Å². The molecule has 1 atom stereocenters. The van der Waals surface area contributed by atoms with Crippen LogP contribution in [0.2, 0.25) is 0 Å². The van der Waals surface area contributed by atoms with Crippen LogP contribution in [0.1, 0.15) is 81.8 Å². The van der Waals surface area contributed by atoms with Gasteiger partial charge in [0.2, 0.25) is 5.91 Å². The second kappa shape index (κ2) is 8.99. The van der Waals surface area contributed by atoms with E-state index in [9.17, 15) is 10.1 Å². The summed E-state index contributed by atoms with van der Waals surface area (Å²) in [5.74, 6) is 0.796. The number of nitriles is 1. The molecule has 2 fully saturated rings. The molecule has 0 aromatic heterocycles. The number of nitrogens with zero attached hydrogens (tertiary/aromatic N) is 2. The summed E-state index contributed by atoms with van der Waals surface area (Å²) in [6, 6.07) is 9.10. The van der Waals surface area contributed by atoms with Gasteiger partial charge in [-0.05, 0) is 61.8 Å². The molecule has 150 valence electrons. The zero-order valence-corrected chi connectivity index (χ0v) is 17.0. The Morgan fingerprint density at radius 3 is 2.50 bits per heavy atom. The number of anilines is 1. The number of hydrogen-bond donors (Lipinski definition) is 1. The van der Waals surface area contributed by atoms with Gasteiger partial charge in [0.25, 0.3) is 0 Å². The quantitative estimate of drug-likeness (QED) is 0.824. The summed E-state index contributed by atoms with van der Waals surface area (Å²) in [7, 11) is 0. The number of amides is 1. The van der Waals surface area contributed by atoms with Crippen molar-refractivity contribution in [1.29, 1.82) is 5.26 Å². The molecule has 1 aliphatic heterocycles. The molecule has 28 heavy (non-hydrogen) atoms. The van der Waals surface area contributed by atoms with Gasteiger partial charge in [-0.15, -0.1) is 0 Å². The highest BCUT2D eigenvalue weighted by atomic mass is 16.1. The number of fused-ring (bicyclic) bond motifs is 1. The molecule has 2 saturated carbocycles. The number of benzene rings is 1. The molecule has 0 saturated heterocycles. The van der Waals surface area contributed by atoms with Gasteiger partial charge in [0.15, 0.2) is 0 Å². The van der Waals surface area contributed by atoms with Gasteiger partial charge in [-0.25, -0.2) is 0 Å². The molecule has 4 heteroatoms. The lowest BCUT2D eigenvalue weighted by Crippen LogP contribution is -2.52. The summed E-state index contributed by atoms with van der Waals surface area (Å²) in [4.78, 5) is 15.2. The summed E-state index contributed by atoms with van der Waals surface area (Å²) in [6.07, 6.45) is 14.2. The Bertz CT molecular complexity index is 726. The highest BCUT2D eigenvalue weighted by Crippen LogP contribution is 2.34. The topological polar surface area (TPSA) is 56.1 Å². The van der Waals surface area contributed by atoms with Crippen molar-refractivity contribution in [3.8, 4) is 6.07 Å². The first-order chi connectivity index (χ1) is 13.7. The number of carbonyl (C=O) groups is 1. The van der Waals surface area contributed by atoms with E-state index in [1.165, 1.54) is 75.5 Å². The molecule has 0 radical (unpaired) electrons. The summed E-state index contributed by atoms with van der Waals surface area (Å²) in [5.41, 5.74) is 3.22. The van der Waals surface area contributed by atoms with Gasteiger partial charge < -0.3 is 10.2 Å². The molecular weight excluding hydrogens is 346 g/mol. The van der Waals surface area contributed by atoms with Crippen molar-refractivity contribution in [1.82, 2.24) is 5.32 Å². The van der Waals surface area contributed by atoms with E-state index in [0.29, 0.717) is 18.4 Å². The van der Waals surface area contributed by atoms with Gasteiger partial charge in [0, 0.05) is 24.7 Å². The minimum absolute atomic E-state index is 0.152. The highest BCUT2D eigenvalue weighted by molar-refractivity contribution is 5.77. The fourth-order valence-corrected chi connectivity index (χ4v) is 5.54. The van der Waals surface area contributed by atoms with Crippen LogP contribution in [0.5, 0.6) is 0 Å². The predicted molar refractivity (Wildman–Crippen MR) is 112 cm³/mol. The van der Waals surface area contributed by atoms with Gasteiger partial charge >= 0.3 is 0 Å². The van der Waals surface area contributed by atoms with Gasteiger partial charge in [-0.3, -0.25) is 4.79 Å². The van der Waals surface area contributed by atoms with Crippen LogP contribution < -0.4 is 10.2 Å². The third-order valence-electron chi connectivity index (χ3n) is 6.98. The van der Waals surface area contributed by atoms with E-state index in [-0.39, 0.29) is 11.9 Å². The van der Waals surface area contributed by atoms with Crippen LogP contribution in [-0.4, -0.2) is 24.5 Å². The average molecular weight is 380 g/mol. The number of rotatable bonds is 4. The maximum atomic E-state index is 12.7. The van der Waals surface area contributed by atoms with Crippen molar-refractivity contribution < 1.29 is 4.79 Å². The first-order valence-electron chi connectivity index (χ1n) is 11.3. The Morgan fingerprint density at radius 1 is 1.07 bits per heavy atom. The molecule has 1 heterocycles. The molecule has 1 N–H and O–H groups in total. The van der Waals surface area contributed by atoms with Crippen LogP contribution >= 0.6 is 0 Å². The lowest BCUT2D eigenvalue weighted by atomic mass is 9.86. The van der Waals surface area contributed by atoms with Crippen LogP contribution in [0, 0.1) is 17.2 Å². The molecular formula is C24H33N3O. The Labute approximate surface area is 169 Å². The minimum Gasteiger partial charge on any atom is -0.366 e. The largest absolute Gasteiger partial charge is 0.366 e. The molecule has 1 unspecified atom stereocenters. The number of hydrogen-bond acceptors (Lipinski definition) is 3. The lowest BCUT2D eigenvalue weighted by molar-refractivity contribution is -0.122. The van der Waals surface area contributed by atoms with E-state index in [1.54, 1.807) is 0 Å². The molecule has 1 aromatic carbocycles. The zero-order chi connectivity index (χ0) is 19.3. The zero-order valence-electron chi connectivity index (χ0n) is 17.0. The Hall–Kier alpha value is -2.02. The maximum absolute atomic E-state index is 12.7. The van der Waals surface area contributed by atoms with Crippen LogP contribution in [0.25, 0.3) is 0 Å². The Kier molecular flexibility index (Phi) is 6.20. The maximum Gasteiger partial charge on any atom is 0.220 e. The van der Waals surface area contributed by atoms with Crippen molar-refractivity contribution >= 4 is 11.6 Å². The molecule has 2 aliphatic carbocycles. The van der Waals surface area contributed by atoms with E-state index in [0.717, 1.165) is 18.5 Å². The Morgan fingerprint density at radius 2 is 1.79 bits per heavy atom. The van der Waals surface area contributed by atoms with Crippen LogP contribution in [0.3, 0.4) is 0 Å².